The molecule has 2 aromatic carbocycles. The summed E-state index contributed by atoms with van der Waals surface area (Å²) in [5.74, 6) is 0.730. The standard InChI is InChI=1S/C19H23ClN2O2/c1-13(2)21-19(23)12-17(14-8-10-15(20)11-9-14)22-16-6-4-5-7-18(16)24-3/h4-11,13,17,22H,12H2,1-3H3,(H,21,23). The van der Waals surface area contributed by atoms with E-state index in [0.29, 0.717) is 11.4 Å². The molecule has 0 spiro atoms. The number of hydrogen-bond acceptors (Lipinski definition) is 3. The molecule has 0 aliphatic carbocycles. The zero-order valence-corrected chi connectivity index (χ0v) is 14.9. The molecule has 1 amide bonds. The third-order valence-electron chi connectivity index (χ3n) is 3.55. The SMILES string of the molecule is COc1ccccc1NC(CC(=O)NC(C)C)c1ccc(Cl)cc1. The summed E-state index contributed by atoms with van der Waals surface area (Å²) >= 11 is 5.98. The van der Waals surface area contributed by atoms with Crippen molar-refractivity contribution in [1.29, 1.82) is 0 Å². The Morgan fingerprint density at radius 3 is 2.42 bits per heavy atom. The van der Waals surface area contributed by atoms with Gasteiger partial charge in [0.15, 0.2) is 0 Å². The number of hydrogen-bond donors (Lipinski definition) is 2. The van der Waals surface area contributed by atoms with Gasteiger partial charge in [0.05, 0.1) is 25.3 Å². The van der Waals surface area contributed by atoms with Gasteiger partial charge in [0, 0.05) is 11.1 Å². The molecule has 0 heterocycles. The summed E-state index contributed by atoms with van der Waals surface area (Å²) < 4.78 is 5.39. The molecule has 2 rings (SSSR count). The average molecular weight is 347 g/mol. The van der Waals surface area contributed by atoms with Gasteiger partial charge in [0.1, 0.15) is 5.75 Å². The average Bonchev–Trinajstić information content (AvgIpc) is 2.54. The van der Waals surface area contributed by atoms with Gasteiger partial charge in [0.2, 0.25) is 5.91 Å². The number of methoxy groups -OCH3 is 1. The Hall–Kier alpha value is -2.20. The van der Waals surface area contributed by atoms with E-state index < -0.39 is 0 Å². The highest BCUT2D eigenvalue weighted by Gasteiger charge is 2.18. The summed E-state index contributed by atoms with van der Waals surface area (Å²) in [5, 5.41) is 7.01. The molecule has 2 N–H and O–H groups in total. The van der Waals surface area contributed by atoms with Crippen LogP contribution < -0.4 is 15.4 Å². The van der Waals surface area contributed by atoms with Crippen LogP contribution in [0.15, 0.2) is 48.5 Å². The van der Waals surface area contributed by atoms with Crippen LogP contribution in [0.1, 0.15) is 31.9 Å². The topological polar surface area (TPSA) is 50.4 Å². The van der Waals surface area contributed by atoms with Crippen molar-refractivity contribution in [2.45, 2.75) is 32.4 Å². The summed E-state index contributed by atoms with van der Waals surface area (Å²) in [7, 11) is 1.63. The van der Waals surface area contributed by atoms with Crippen LogP contribution in [0.25, 0.3) is 0 Å². The molecule has 0 aliphatic rings. The van der Waals surface area contributed by atoms with E-state index in [1.54, 1.807) is 7.11 Å². The highest BCUT2D eigenvalue weighted by Crippen LogP contribution is 2.30. The molecule has 0 aromatic heterocycles. The third-order valence-corrected chi connectivity index (χ3v) is 3.80. The maximum atomic E-state index is 12.2. The van der Waals surface area contributed by atoms with Gasteiger partial charge in [-0.3, -0.25) is 4.79 Å². The van der Waals surface area contributed by atoms with E-state index >= 15 is 0 Å². The minimum absolute atomic E-state index is 0.00709. The number of halogens is 1. The monoisotopic (exact) mass is 346 g/mol. The van der Waals surface area contributed by atoms with Crippen molar-refractivity contribution in [2.75, 3.05) is 12.4 Å². The van der Waals surface area contributed by atoms with Crippen LogP contribution in [0.5, 0.6) is 5.75 Å². The number of ether oxygens (including phenoxy) is 1. The molecule has 1 atom stereocenters. The van der Waals surface area contributed by atoms with Crippen LogP contribution in [0.4, 0.5) is 5.69 Å². The predicted octanol–water partition coefficient (Wildman–Crippen LogP) is 4.42. The quantitative estimate of drug-likeness (QED) is 0.780. The van der Waals surface area contributed by atoms with Crippen molar-refractivity contribution in [3.8, 4) is 5.75 Å². The predicted molar refractivity (Wildman–Crippen MR) is 98.7 cm³/mol. The smallest absolute Gasteiger partial charge is 0.222 e. The number of anilines is 1. The zero-order valence-electron chi connectivity index (χ0n) is 14.2. The van der Waals surface area contributed by atoms with E-state index in [9.17, 15) is 4.79 Å². The van der Waals surface area contributed by atoms with Crippen molar-refractivity contribution >= 4 is 23.2 Å². The lowest BCUT2D eigenvalue weighted by atomic mass is 10.0. The lowest BCUT2D eigenvalue weighted by molar-refractivity contribution is -0.121. The molecule has 1 unspecified atom stereocenters. The first-order valence-corrected chi connectivity index (χ1v) is 8.31. The van der Waals surface area contributed by atoms with E-state index in [4.69, 9.17) is 16.3 Å². The number of nitrogens with one attached hydrogen (secondary N) is 2. The van der Waals surface area contributed by atoms with Crippen LogP contribution >= 0.6 is 11.6 Å². The molecular formula is C19H23ClN2O2. The summed E-state index contributed by atoms with van der Waals surface area (Å²) in [4.78, 5) is 12.2. The van der Waals surface area contributed by atoms with Crippen molar-refractivity contribution in [1.82, 2.24) is 5.32 Å². The van der Waals surface area contributed by atoms with Crippen LogP contribution in [-0.2, 0) is 4.79 Å². The first kappa shape index (κ1) is 18.1. The van der Waals surface area contributed by atoms with Crippen molar-refractivity contribution in [3.05, 3.63) is 59.1 Å². The molecule has 4 nitrogen and oxygen atoms in total. The van der Waals surface area contributed by atoms with Crippen LogP contribution in [0, 0.1) is 0 Å². The van der Waals surface area contributed by atoms with Crippen LogP contribution in [0.2, 0.25) is 5.02 Å². The maximum Gasteiger partial charge on any atom is 0.222 e. The molecular weight excluding hydrogens is 324 g/mol. The van der Waals surface area contributed by atoms with E-state index in [1.807, 2.05) is 62.4 Å². The van der Waals surface area contributed by atoms with Gasteiger partial charge >= 0.3 is 0 Å². The molecule has 0 aliphatic heterocycles. The fourth-order valence-electron chi connectivity index (χ4n) is 2.47. The summed E-state index contributed by atoms with van der Waals surface area (Å²) in [6.45, 7) is 3.89. The fraction of sp³-hybridized carbons (Fsp3) is 0.316. The van der Waals surface area contributed by atoms with E-state index in [-0.39, 0.29) is 18.0 Å². The van der Waals surface area contributed by atoms with Gasteiger partial charge in [0.25, 0.3) is 0 Å². The number of benzene rings is 2. The molecule has 0 saturated carbocycles. The van der Waals surface area contributed by atoms with Gasteiger partial charge in [-0.1, -0.05) is 35.9 Å². The summed E-state index contributed by atoms with van der Waals surface area (Å²) in [6, 6.07) is 15.1. The number of carbonyl (C=O) groups is 1. The Morgan fingerprint density at radius 2 is 1.79 bits per heavy atom. The lowest BCUT2D eigenvalue weighted by Gasteiger charge is -2.22. The Labute approximate surface area is 148 Å². The van der Waals surface area contributed by atoms with Gasteiger partial charge in [-0.15, -0.1) is 0 Å². The third kappa shape index (κ3) is 5.17. The molecule has 0 saturated heterocycles. The molecule has 24 heavy (non-hydrogen) atoms. The zero-order chi connectivity index (χ0) is 17.5. The lowest BCUT2D eigenvalue weighted by Crippen LogP contribution is -2.32. The van der Waals surface area contributed by atoms with E-state index in [2.05, 4.69) is 10.6 Å². The Bertz CT molecular complexity index is 671. The molecule has 2 aromatic rings. The first-order valence-electron chi connectivity index (χ1n) is 7.94. The number of rotatable bonds is 7. The maximum absolute atomic E-state index is 12.2. The Kier molecular flexibility index (Phi) is 6.50. The molecule has 5 heteroatoms. The van der Waals surface area contributed by atoms with Gasteiger partial charge in [-0.05, 0) is 43.7 Å². The van der Waals surface area contributed by atoms with E-state index in [1.165, 1.54) is 0 Å². The van der Waals surface area contributed by atoms with E-state index in [0.717, 1.165) is 17.0 Å². The molecule has 128 valence electrons. The first-order chi connectivity index (χ1) is 11.5. The Balaban J connectivity index is 2.24. The largest absolute Gasteiger partial charge is 0.495 e. The van der Waals surface area contributed by atoms with Crippen molar-refractivity contribution < 1.29 is 9.53 Å². The molecule has 0 fully saturated rings. The molecule has 0 radical (unpaired) electrons. The highest BCUT2D eigenvalue weighted by molar-refractivity contribution is 6.30. The van der Waals surface area contributed by atoms with Gasteiger partial charge < -0.3 is 15.4 Å². The Morgan fingerprint density at radius 1 is 1.12 bits per heavy atom. The fourth-order valence-corrected chi connectivity index (χ4v) is 2.59. The van der Waals surface area contributed by atoms with Gasteiger partial charge in [-0.2, -0.15) is 0 Å². The summed E-state index contributed by atoms with van der Waals surface area (Å²) in [5.41, 5.74) is 1.83. The van der Waals surface area contributed by atoms with Gasteiger partial charge in [-0.25, -0.2) is 0 Å². The normalized spacial score (nSPS) is 11.9. The van der Waals surface area contributed by atoms with Crippen LogP contribution in [0.3, 0.4) is 0 Å². The van der Waals surface area contributed by atoms with Crippen LogP contribution in [-0.4, -0.2) is 19.1 Å². The van der Waals surface area contributed by atoms with Crippen molar-refractivity contribution in [2.24, 2.45) is 0 Å². The second-order valence-corrected chi connectivity index (χ2v) is 6.31. The summed E-state index contributed by atoms with van der Waals surface area (Å²) in [6.07, 6.45) is 0.317. The second kappa shape index (κ2) is 8.60. The highest BCUT2D eigenvalue weighted by atomic mass is 35.5. The number of carbonyl (C=O) groups excluding carboxylic acids is 1. The van der Waals surface area contributed by atoms with Crippen molar-refractivity contribution in [3.63, 3.8) is 0 Å². The number of amides is 1. The minimum atomic E-state index is -0.183. The molecule has 0 bridgehead atoms. The number of para-hydroxylation sites is 2. The minimum Gasteiger partial charge on any atom is -0.495 e. The second-order valence-electron chi connectivity index (χ2n) is 5.88.